The van der Waals surface area contributed by atoms with Gasteiger partial charge >= 0.3 is 0 Å². The number of anilines is 1. The molecule has 3 N–H and O–H groups in total. The first-order valence-corrected chi connectivity index (χ1v) is 6.90. The van der Waals surface area contributed by atoms with Crippen LogP contribution < -0.4 is 15.8 Å². The number of amides is 1. The molecular formula is C15H25N3O2. The molecule has 0 spiro atoms. The minimum absolute atomic E-state index is 0.0206. The quantitative estimate of drug-likeness (QED) is 0.760. The van der Waals surface area contributed by atoms with Gasteiger partial charge in [0.25, 0.3) is 0 Å². The number of carbonyl (C=O) groups is 1. The summed E-state index contributed by atoms with van der Waals surface area (Å²) in [6.45, 7) is 3.37. The molecular weight excluding hydrogens is 254 g/mol. The van der Waals surface area contributed by atoms with Crippen molar-refractivity contribution in [2.75, 3.05) is 32.6 Å². The summed E-state index contributed by atoms with van der Waals surface area (Å²) in [4.78, 5) is 13.8. The molecule has 1 rings (SSSR count). The Balaban J connectivity index is 2.44. The van der Waals surface area contributed by atoms with Gasteiger partial charge in [-0.15, -0.1) is 0 Å². The molecule has 0 saturated carbocycles. The zero-order valence-electron chi connectivity index (χ0n) is 12.6. The number of carbonyl (C=O) groups excluding carboxylic acids is 1. The van der Waals surface area contributed by atoms with Crippen molar-refractivity contribution in [3.63, 3.8) is 0 Å². The second-order valence-corrected chi connectivity index (χ2v) is 5.24. The summed E-state index contributed by atoms with van der Waals surface area (Å²) in [7, 11) is 4.00. The number of nitrogens with zero attached hydrogens (tertiary/aromatic N) is 1. The Morgan fingerprint density at radius 2 is 2.20 bits per heavy atom. The first-order chi connectivity index (χ1) is 9.47. The van der Waals surface area contributed by atoms with Gasteiger partial charge in [0.1, 0.15) is 12.4 Å². The molecule has 1 atom stereocenters. The monoisotopic (exact) mass is 279 g/mol. The van der Waals surface area contributed by atoms with E-state index in [2.05, 4.69) is 10.2 Å². The van der Waals surface area contributed by atoms with E-state index in [1.165, 1.54) is 0 Å². The van der Waals surface area contributed by atoms with Gasteiger partial charge in [-0.1, -0.05) is 6.07 Å². The van der Waals surface area contributed by atoms with Gasteiger partial charge in [-0.05, 0) is 39.6 Å². The number of likely N-dealkylation sites (N-methyl/N-ethyl adjacent to an activating group) is 1. The minimum atomic E-state index is -0.0206. The molecule has 1 unspecified atom stereocenters. The number of nitrogens with one attached hydrogen (secondary N) is 1. The first kappa shape index (κ1) is 16.5. The van der Waals surface area contributed by atoms with Crippen LogP contribution in [-0.2, 0) is 4.79 Å². The lowest BCUT2D eigenvalue weighted by molar-refractivity contribution is -0.116. The fourth-order valence-electron chi connectivity index (χ4n) is 1.59. The fraction of sp³-hybridized carbons (Fsp3) is 0.533. The molecule has 0 radical (unpaired) electrons. The number of hydrogen-bond donors (Lipinski definition) is 2. The molecule has 5 heteroatoms. The Morgan fingerprint density at radius 1 is 1.45 bits per heavy atom. The lowest BCUT2D eigenvalue weighted by Gasteiger charge is -2.12. The van der Waals surface area contributed by atoms with Crippen molar-refractivity contribution in [1.29, 1.82) is 0 Å². The normalized spacial score (nSPS) is 12.2. The summed E-state index contributed by atoms with van der Waals surface area (Å²) >= 11 is 0. The highest BCUT2D eigenvalue weighted by Gasteiger charge is 2.05. The van der Waals surface area contributed by atoms with Crippen LogP contribution in [0.5, 0.6) is 5.75 Å². The molecule has 1 amide bonds. The summed E-state index contributed by atoms with van der Waals surface area (Å²) in [5.41, 5.74) is 6.39. The van der Waals surface area contributed by atoms with Gasteiger partial charge in [0.05, 0.1) is 0 Å². The number of nitrogens with two attached hydrogens (primary N) is 1. The van der Waals surface area contributed by atoms with E-state index in [1.54, 1.807) is 0 Å². The first-order valence-electron chi connectivity index (χ1n) is 6.90. The van der Waals surface area contributed by atoms with Crippen molar-refractivity contribution in [3.8, 4) is 5.75 Å². The maximum atomic E-state index is 11.7. The zero-order valence-corrected chi connectivity index (χ0v) is 12.6. The maximum absolute atomic E-state index is 11.7. The van der Waals surface area contributed by atoms with Crippen molar-refractivity contribution >= 4 is 11.6 Å². The number of benzene rings is 1. The van der Waals surface area contributed by atoms with Crippen LogP contribution in [0.3, 0.4) is 0 Å². The van der Waals surface area contributed by atoms with Crippen molar-refractivity contribution in [2.24, 2.45) is 5.73 Å². The van der Waals surface area contributed by atoms with Crippen LogP contribution in [0.1, 0.15) is 19.8 Å². The lowest BCUT2D eigenvalue weighted by Crippen LogP contribution is -2.20. The maximum Gasteiger partial charge on any atom is 0.224 e. The van der Waals surface area contributed by atoms with Crippen molar-refractivity contribution in [1.82, 2.24) is 4.90 Å². The van der Waals surface area contributed by atoms with Crippen LogP contribution >= 0.6 is 0 Å². The van der Waals surface area contributed by atoms with Gasteiger partial charge in [0.15, 0.2) is 0 Å². The van der Waals surface area contributed by atoms with Crippen LogP contribution in [0.25, 0.3) is 0 Å². The van der Waals surface area contributed by atoms with Crippen molar-refractivity contribution in [2.45, 2.75) is 25.8 Å². The molecule has 0 heterocycles. The Kier molecular flexibility index (Phi) is 7.04. The number of hydrogen-bond acceptors (Lipinski definition) is 4. The van der Waals surface area contributed by atoms with Gasteiger partial charge in [-0.3, -0.25) is 4.79 Å². The van der Waals surface area contributed by atoms with E-state index in [0.717, 1.165) is 18.0 Å². The highest BCUT2D eigenvalue weighted by molar-refractivity contribution is 5.90. The number of rotatable bonds is 8. The van der Waals surface area contributed by atoms with Crippen LogP contribution in [0.15, 0.2) is 24.3 Å². The predicted molar refractivity (Wildman–Crippen MR) is 82.0 cm³/mol. The van der Waals surface area contributed by atoms with Crippen LogP contribution in [0.2, 0.25) is 0 Å². The van der Waals surface area contributed by atoms with E-state index >= 15 is 0 Å². The second kappa shape index (κ2) is 8.55. The molecule has 5 nitrogen and oxygen atoms in total. The molecule has 0 aliphatic carbocycles. The van der Waals surface area contributed by atoms with Crippen molar-refractivity contribution < 1.29 is 9.53 Å². The van der Waals surface area contributed by atoms with E-state index in [-0.39, 0.29) is 11.9 Å². The summed E-state index contributed by atoms with van der Waals surface area (Å²) in [5.74, 6) is 0.740. The van der Waals surface area contributed by atoms with E-state index in [9.17, 15) is 4.79 Å². The third kappa shape index (κ3) is 7.11. The zero-order chi connectivity index (χ0) is 15.0. The molecule has 0 saturated heterocycles. The Labute approximate surface area is 121 Å². The molecule has 0 aliphatic heterocycles. The highest BCUT2D eigenvalue weighted by atomic mass is 16.5. The van der Waals surface area contributed by atoms with E-state index in [1.807, 2.05) is 45.3 Å². The minimum Gasteiger partial charge on any atom is -0.492 e. The van der Waals surface area contributed by atoms with Gasteiger partial charge in [0, 0.05) is 30.8 Å². The molecule has 112 valence electrons. The van der Waals surface area contributed by atoms with E-state index in [0.29, 0.717) is 19.4 Å². The average Bonchev–Trinajstić information content (AvgIpc) is 2.36. The third-order valence-corrected chi connectivity index (χ3v) is 2.75. The van der Waals surface area contributed by atoms with Crippen molar-refractivity contribution in [3.05, 3.63) is 24.3 Å². The molecule has 0 fully saturated rings. The van der Waals surface area contributed by atoms with Gasteiger partial charge in [-0.2, -0.15) is 0 Å². The second-order valence-electron chi connectivity index (χ2n) is 5.24. The molecule has 0 bridgehead atoms. The average molecular weight is 279 g/mol. The number of ether oxygens (including phenoxy) is 1. The third-order valence-electron chi connectivity index (χ3n) is 2.75. The van der Waals surface area contributed by atoms with E-state index < -0.39 is 0 Å². The van der Waals surface area contributed by atoms with Gasteiger partial charge in [0.2, 0.25) is 5.91 Å². The standard InChI is InChI=1S/C15H25N3O2/c1-12(16)7-8-15(19)17-13-5-4-6-14(11-13)20-10-9-18(2)3/h4-6,11-12H,7-10,16H2,1-3H3,(H,17,19). The summed E-state index contributed by atoms with van der Waals surface area (Å²) < 4.78 is 5.62. The molecule has 0 aliphatic rings. The van der Waals surface area contributed by atoms with Gasteiger partial charge in [-0.25, -0.2) is 0 Å². The molecule has 1 aromatic rings. The summed E-state index contributed by atoms with van der Waals surface area (Å²) in [6.07, 6.45) is 1.12. The van der Waals surface area contributed by atoms with Crippen LogP contribution in [0.4, 0.5) is 5.69 Å². The molecule has 0 aromatic heterocycles. The SMILES string of the molecule is CC(N)CCC(=O)Nc1cccc(OCCN(C)C)c1. The van der Waals surface area contributed by atoms with Crippen LogP contribution in [-0.4, -0.2) is 44.1 Å². The fourth-order valence-corrected chi connectivity index (χ4v) is 1.59. The highest BCUT2D eigenvalue weighted by Crippen LogP contribution is 2.17. The van der Waals surface area contributed by atoms with E-state index in [4.69, 9.17) is 10.5 Å². The summed E-state index contributed by atoms with van der Waals surface area (Å²) in [5, 5.41) is 2.85. The Hall–Kier alpha value is -1.59. The Morgan fingerprint density at radius 3 is 2.85 bits per heavy atom. The topological polar surface area (TPSA) is 67.6 Å². The van der Waals surface area contributed by atoms with Gasteiger partial charge < -0.3 is 20.7 Å². The smallest absolute Gasteiger partial charge is 0.224 e. The predicted octanol–water partition coefficient (Wildman–Crippen LogP) is 1.69. The summed E-state index contributed by atoms with van der Waals surface area (Å²) in [6, 6.07) is 7.48. The molecule has 1 aromatic carbocycles. The van der Waals surface area contributed by atoms with Crippen LogP contribution in [0, 0.1) is 0 Å². The Bertz CT molecular complexity index is 419. The largest absolute Gasteiger partial charge is 0.492 e. The lowest BCUT2D eigenvalue weighted by atomic mass is 10.2. The molecule has 20 heavy (non-hydrogen) atoms.